The third-order valence-corrected chi connectivity index (χ3v) is 8.03. The molecule has 0 radical (unpaired) electrons. The standard InChI is InChI=1S/C25H26ClFN2O3S2/c1-5-15-13-21(16-8-6-9-17(12-16)34(4,31)32)33-24(15)20(14-22(28)25(2,3)30)29-19-11-7-10-18(27)23(19)26/h6-13,28,30H,5,14H2,1-4H3. The first-order valence-corrected chi connectivity index (χ1v) is 13.6. The monoisotopic (exact) mass is 520 g/mol. The molecular weight excluding hydrogens is 495 g/mol. The molecule has 0 aliphatic heterocycles. The zero-order valence-electron chi connectivity index (χ0n) is 19.3. The summed E-state index contributed by atoms with van der Waals surface area (Å²) in [5.41, 5.74) is 1.09. The number of hydrogen-bond acceptors (Lipinski definition) is 6. The molecule has 0 atom stereocenters. The molecule has 180 valence electrons. The van der Waals surface area contributed by atoms with Crippen molar-refractivity contribution in [1.82, 2.24) is 0 Å². The van der Waals surface area contributed by atoms with Crippen molar-refractivity contribution < 1.29 is 17.9 Å². The molecule has 0 spiro atoms. The van der Waals surface area contributed by atoms with E-state index in [1.807, 2.05) is 19.1 Å². The smallest absolute Gasteiger partial charge is 0.175 e. The molecule has 3 aromatic rings. The van der Waals surface area contributed by atoms with Crippen LogP contribution in [0.5, 0.6) is 0 Å². The maximum atomic E-state index is 14.1. The van der Waals surface area contributed by atoms with E-state index in [0.29, 0.717) is 12.1 Å². The molecule has 3 rings (SSSR count). The van der Waals surface area contributed by atoms with Gasteiger partial charge in [0.05, 0.1) is 26.8 Å². The van der Waals surface area contributed by atoms with Crippen LogP contribution in [0.2, 0.25) is 5.02 Å². The zero-order chi connectivity index (χ0) is 25.3. The van der Waals surface area contributed by atoms with Crippen LogP contribution in [0.4, 0.5) is 10.1 Å². The summed E-state index contributed by atoms with van der Waals surface area (Å²) in [5, 5.41) is 18.6. The molecule has 5 nitrogen and oxygen atoms in total. The average Bonchev–Trinajstić information content (AvgIpc) is 3.19. The van der Waals surface area contributed by atoms with E-state index < -0.39 is 21.3 Å². The van der Waals surface area contributed by atoms with Crippen molar-refractivity contribution in [2.75, 3.05) is 6.26 Å². The number of hydrogen-bond donors (Lipinski definition) is 2. The Hall–Kier alpha value is -2.39. The number of nitrogens with zero attached hydrogens (tertiary/aromatic N) is 1. The fourth-order valence-electron chi connectivity index (χ4n) is 3.24. The van der Waals surface area contributed by atoms with Gasteiger partial charge in [-0.3, -0.25) is 0 Å². The van der Waals surface area contributed by atoms with Gasteiger partial charge in [0.25, 0.3) is 0 Å². The van der Waals surface area contributed by atoms with Gasteiger partial charge in [0, 0.05) is 23.3 Å². The minimum absolute atomic E-state index is 0.0344. The van der Waals surface area contributed by atoms with E-state index in [1.54, 1.807) is 24.3 Å². The Kier molecular flexibility index (Phi) is 7.77. The molecule has 1 heterocycles. The topological polar surface area (TPSA) is 90.6 Å². The van der Waals surface area contributed by atoms with Crippen LogP contribution in [-0.4, -0.2) is 36.8 Å². The molecular formula is C25H26ClFN2O3S2. The van der Waals surface area contributed by atoms with Gasteiger partial charge in [-0.15, -0.1) is 11.3 Å². The van der Waals surface area contributed by atoms with Crippen molar-refractivity contribution in [3.8, 4) is 10.4 Å². The fraction of sp³-hybridized carbons (Fsp3) is 0.280. The van der Waals surface area contributed by atoms with Gasteiger partial charge in [0.15, 0.2) is 9.84 Å². The lowest BCUT2D eigenvalue weighted by Crippen LogP contribution is -2.32. The summed E-state index contributed by atoms with van der Waals surface area (Å²) >= 11 is 7.55. The van der Waals surface area contributed by atoms with Gasteiger partial charge in [-0.05, 0) is 61.7 Å². The minimum atomic E-state index is -3.37. The summed E-state index contributed by atoms with van der Waals surface area (Å²) in [4.78, 5) is 6.46. The molecule has 1 aromatic heterocycles. The molecule has 34 heavy (non-hydrogen) atoms. The molecule has 0 aliphatic rings. The quantitative estimate of drug-likeness (QED) is 0.333. The van der Waals surface area contributed by atoms with E-state index in [9.17, 15) is 17.9 Å². The maximum absolute atomic E-state index is 14.1. The normalized spacial score (nSPS) is 12.7. The van der Waals surface area contributed by atoms with Crippen LogP contribution in [0, 0.1) is 11.2 Å². The largest absolute Gasteiger partial charge is 0.385 e. The highest BCUT2D eigenvalue weighted by molar-refractivity contribution is 7.90. The third-order valence-electron chi connectivity index (χ3n) is 5.27. The highest BCUT2D eigenvalue weighted by Gasteiger charge is 2.24. The predicted molar refractivity (Wildman–Crippen MR) is 138 cm³/mol. The van der Waals surface area contributed by atoms with E-state index in [-0.39, 0.29) is 27.7 Å². The number of rotatable bonds is 8. The van der Waals surface area contributed by atoms with E-state index in [0.717, 1.165) is 20.9 Å². The Bertz CT molecular complexity index is 1370. The highest BCUT2D eigenvalue weighted by Crippen LogP contribution is 2.36. The Labute approximate surface area is 208 Å². The van der Waals surface area contributed by atoms with Crippen LogP contribution in [-0.2, 0) is 16.3 Å². The number of benzene rings is 2. The second kappa shape index (κ2) is 10.1. The number of thiophene rings is 1. The van der Waals surface area contributed by atoms with Gasteiger partial charge >= 0.3 is 0 Å². The molecule has 0 aliphatic carbocycles. The van der Waals surface area contributed by atoms with Crippen molar-refractivity contribution in [3.63, 3.8) is 0 Å². The lowest BCUT2D eigenvalue weighted by atomic mass is 9.96. The number of halogens is 2. The molecule has 2 N–H and O–H groups in total. The Morgan fingerprint density at radius 1 is 1.21 bits per heavy atom. The van der Waals surface area contributed by atoms with Gasteiger partial charge in [0.2, 0.25) is 0 Å². The van der Waals surface area contributed by atoms with Crippen LogP contribution in [0.25, 0.3) is 10.4 Å². The number of sulfone groups is 1. The van der Waals surface area contributed by atoms with Crippen LogP contribution in [0.3, 0.4) is 0 Å². The van der Waals surface area contributed by atoms with E-state index in [1.165, 1.54) is 43.6 Å². The Balaban J connectivity index is 2.18. The number of aryl methyl sites for hydroxylation is 1. The molecule has 9 heteroatoms. The van der Waals surface area contributed by atoms with Gasteiger partial charge in [-0.25, -0.2) is 17.8 Å². The van der Waals surface area contributed by atoms with Crippen molar-refractivity contribution in [2.45, 2.75) is 44.1 Å². The Morgan fingerprint density at radius 3 is 2.50 bits per heavy atom. The van der Waals surface area contributed by atoms with E-state index in [2.05, 4.69) is 4.99 Å². The van der Waals surface area contributed by atoms with E-state index in [4.69, 9.17) is 17.0 Å². The summed E-state index contributed by atoms with van der Waals surface area (Å²) in [6.45, 7) is 5.04. The number of aliphatic hydroxyl groups is 1. The summed E-state index contributed by atoms with van der Waals surface area (Å²) in [5.74, 6) is -0.597. The lowest BCUT2D eigenvalue weighted by Gasteiger charge is -2.19. The fourth-order valence-corrected chi connectivity index (χ4v) is 5.31. The van der Waals surface area contributed by atoms with Crippen molar-refractivity contribution >= 4 is 49.9 Å². The SMILES string of the molecule is CCc1cc(-c2cccc(S(C)(=O)=O)c2)sc1C(CC(=N)C(C)(C)O)=Nc1cccc(F)c1Cl. The summed E-state index contributed by atoms with van der Waals surface area (Å²) in [6, 6.07) is 13.0. The van der Waals surface area contributed by atoms with Crippen molar-refractivity contribution in [1.29, 1.82) is 5.41 Å². The summed E-state index contributed by atoms with van der Waals surface area (Å²) < 4.78 is 38.1. The maximum Gasteiger partial charge on any atom is 0.175 e. The first-order valence-electron chi connectivity index (χ1n) is 10.6. The summed E-state index contributed by atoms with van der Waals surface area (Å²) in [6.07, 6.45) is 1.86. The number of aliphatic imine (C=N–C) groups is 1. The molecule has 0 amide bonds. The molecule has 0 bridgehead atoms. The highest BCUT2D eigenvalue weighted by atomic mass is 35.5. The van der Waals surface area contributed by atoms with Crippen LogP contribution < -0.4 is 0 Å². The van der Waals surface area contributed by atoms with E-state index >= 15 is 0 Å². The van der Waals surface area contributed by atoms with Crippen LogP contribution in [0.1, 0.15) is 37.6 Å². The zero-order valence-corrected chi connectivity index (χ0v) is 21.7. The first-order chi connectivity index (χ1) is 15.8. The lowest BCUT2D eigenvalue weighted by molar-refractivity contribution is 0.151. The Morgan fingerprint density at radius 2 is 1.88 bits per heavy atom. The van der Waals surface area contributed by atoms with Crippen LogP contribution in [0.15, 0.2) is 58.4 Å². The van der Waals surface area contributed by atoms with Gasteiger partial charge in [0.1, 0.15) is 10.8 Å². The molecule has 2 aromatic carbocycles. The predicted octanol–water partition coefficient (Wildman–Crippen LogP) is 6.48. The van der Waals surface area contributed by atoms with Crippen molar-refractivity contribution in [3.05, 3.63) is 69.8 Å². The van der Waals surface area contributed by atoms with Gasteiger partial charge in [-0.2, -0.15) is 0 Å². The molecule has 0 saturated carbocycles. The number of nitrogens with one attached hydrogen (secondary N) is 1. The average molecular weight is 521 g/mol. The third kappa shape index (κ3) is 5.99. The van der Waals surface area contributed by atoms with Gasteiger partial charge in [-0.1, -0.05) is 36.7 Å². The van der Waals surface area contributed by atoms with Crippen molar-refractivity contribution in [2.24, 2.45) is 4.99 Å². The second-order valence-corrected chi connectivity index (χ2v) is 11.9. The minimum Gasteiger partial charge on any atom is -0.385 e. The molecule has 0 fully saturated rings. The van der Waals surface area contributed by atoms with Gasteiger partial charge < -0.3 is 10.5 Å². The first kappa shape index (κ1) is 26.2. The molecule has 0 unspecified atom stereocenters. The summed E-state index contributed by atoms with van der Waals surface area (Å²) in [7, 11) is -3.37. The second-order valence-electron chi connectivity index (χ2n) is 8.46. The van der Waals surface area contributed by atoms with Crippen LogP contribution >= 0.6 is 22.9 Å². The molecule has 0 saturated heterocycles.